The van der Waals surface area contributed by atoms with Crippen molar-refractivity contribution in [3.63, 3.8) is 0 Å². The number of likely N-dealkylation sites (tertiary alicyclic amines) is 1. The fourth-order valence-corrected chi connectivity index (χ4v) is 2.72. The largest absolute Gasteiger partial charge is 0.352 e. The third-order valence-electron chi connectivity index (χ3n) is 4.01. The fourth-order valence-electron chi connectivity index (χ4n) is 2.72. The molecule has 3 rings (SSSR count). The molecule has 2 aliphatic rings. The molecule has 1 aliphatic heterocycles. The highest BCUT2D eigenvalue weighted by molar-refractivity contribution is 5.88. The van der Waals surface area contributed by atoms with Crippen LogP contribution in [0.25, 0.3) is 0 Å². The minimum atomic E-state index is -0.131. The number of amides is 3. The second-order valence-electron chi connectivity index (χ2n) is 5.91. The van der Waals surface area contributed by atoms with Gasteiger partial charge < -0.3 is 10.2 Å². The first-order chi connectivity index (χ1) is 10.0. The predicted octanol–water partition coefficient (Wildman–Crippen LogP) is 1.04. The van der Waals surface area contributed by atoms with E-state index in [1.54, 1.807) is 9.58 Å². The van der Waals surface area contributed by atoms with Crippen LogP contribution in [0, 0.1) is 0 Å². The Labute approximate surface area is 123 Å². The summed E-state index contributed by atoms with van der Waals surface area (Å²) in [6, 6.07) is 1.88. The number of urea groups is 1. The molecule has 2 N–H and O–H groups in total. The summed E-state index contributed by atoms with van der Waals surface area (Å²) in [5.74, 6) is 1.24. The first-order valence-corrected chi connectivity index (χ1v) is 7.40. The van der Waals surface area contributed by atoms with Gasteiger partial charge in [-0.15, -0.1) is 0 Å². The Morgan fingerprint density at radius 3 is 2.76 bits per heavy atom. The van der Waals surface area contributed by atoms with E-state index in [2.05, 4.69) is 15.7 Å². The Bertz CT molecular complexity index is 564. The first kappa shape index (κ1) is 13.9. The molecule has 1 aliphatic carbocycles. The van der Waals surface area contributed by atoms with Crippen LogP contribution in [-0.2, 0) is 11.8 Å². The van der Waals surface area contributed by atoms with Gasteiger partial charge in [0.1, 0.15) is 5.82 Å². The Morgan fingerprint density at radius 2 is 2.10 bits per heavy atom. The summed E-state index contributed by atoms with van der Waals surface area (Å²) in [6.07, 6.45) is 3.18. The van der Waals surface area contributed by atoms with Crippen molar-refractivity contribution < 1.29 is 9.59 Å². The minimum absolute atomic E-state index is 0.0528. The second kappa shape index (κ2) is 5.38. The average molecular weight is 291 g/mol. The molecule has 1 saturated heterocycles. The maximum atomic E-state index is 12.3. The van der Waals surface area contributed by atoms with E-state index in [9.17, 15) is 9.59 Å². The summed E-state index contributed by atoms with van der Waals surface area (Å²) >= 11 is 0. The molecule has 7 nitrogen and oxygen atoms in total. The van der Waals surface area contributed by atoms with Gasteiger partial charge in [-0.05, 0) is 19.3 Å². The van der Waals surface area contributed by atoms with Gasteiger partial charge in [0.2, 0.25) is 5.91 Å². The Balaban J connectivity index is 1.58. The van der Waals surface area contributed by atoms with Crippen molar-refractivity contribution in [2.75, 3.05) is 18.4 Å². The standard InChI is InChI=1S/C14H21N5O2/c1-9(20)15-11-5-6-19(8-11)14(21)16-13-7-12(10-3-4-10)17-18(13)2/h7,10-11H,3-6,8H2,1-2H3,(H,15,20)(H,16,21)/t11-/m1/s1. The summed E-state index contributed by atoms with van der Waals surface area (Å²) < 4.78 is 1.72. The quantitative estimate of drug-likeness (QED) is 0.873. The minimum Gasteiger partial charge on any atom is -0.352 e. The number of aromatic nitrogens is 2. The molecule has 2 fully saturated rings. The van der Waals surface area contributed by atoms with Crippen LogP contribution in [0.3, 0.4) is 0 Å². The molecule has 0 aromatic carbocycles. The number of hydrogen-bond donors (Lipinski definition) is 2. The van der Waals surface area contributed by atoms with Crippen molar-refractivity contribution in [3.05, 3.63) is 11.8 Å². The van der Waals surface area contributed by atoms with Crippen molar-refractivity contribution in [3.8, 4) is 0 Å². The number of nitrogens with one attached hydrogen (secondary N) is 2. The van der Waals surface area contributed by atoms with Crippen molar-refractivity contribution >= 4 is 17.8 Å². The third kappa shape index (κ3) is 3.17. The van der Waals surface area contributed by atoms with E-state index in [1.165, 1.54) is 19.8 Å². The van der Waals surface area contributed by atoms with Gasteiger partial charge >= 0.3 is 6.03 Å². The Hall–Kier alpha value is -2.05. The van der Waals surface area contributed by atoms with Crippen molar-refractivity contribution in [1.29, 1.82) is 0 Å². The molecule has 2 heterocycles. The fraction of sp³-hybridized carbons (Fsp3) is 0.643. The van der Waals surface area contributed by atoms with Crippen LogP contribution in [0.4, 0.5) is 10.6 Å². The van der Waals surface area contributed by atoms with Crippen LogP contribution in [0.15, 0.2) is 6.07 Å². The van der Waals surface area contributed by atoms with E-state index in [4.69, 9.17) is 0 Å². The highest BCUT2D eigenvalue weighted by Gasteiger charge is 2.29. The molecular formula is C14H21N5O2. The van der Waals surface area contributed by atoms with E-state index in [0.717, 1.165) is 17.9 Å². The first-order valence-electron chi connectivity index (χ1n) is 7.40. The highest BCUT2D eigenvalue weighted by Crippen LogP contribution is 2.39. The van der Waals surface area contributed by atoms with Crippen LogP contribution in [0.1, 0.15) is 37.8 Å². The molecule has 1 atom stereocenters. The molecule has 0 spiro atoms. The zero-order valence-corrected chi connectivity index (χ0v) is 12.4. The highest BCUT2D eigenvalue weighted by atomic mass is 16.2. The van der Waals surface area contributed by atoms with E-state index in [1.807, 2.05) is 13.1 Å². The molecule has 1 aromatic rings. The number of aryl methyl sites for hydroxylation is 1. The monoisotopic (exact) mass is 291 g/mol. The normalized spacial score (nSPS) is 21.4. The van der Waals surface area contributed by atoms with E-state index < -0.39 is 0 Å². The molecule has 0 bridgehead atoms. The predicted molar refractivity (Wildman–Crippen MR) is 78.0 cm³/mol. The van der Waals surface area contributed by atoms with Crippen molar-refractivity contribution in [1.82, 2.24) is 20.0 Å². The van der Waals surface area contributed by atoms with E-state index >= 15 is 0 Å². The van der Waals surface area contributed by atoms with E-state index in [0.29, 0.717) is 19.0 Å². The number of hydrogen-bond acceptors (Lipinski definition) is 3. The summed E-state index contributed by atoms with van der Waals surface area (Å²) in [5, 5.41) is 10.2. The summed E-state index contributed by atoms with van der Waals surface area (Å²) in [5.41, 5.74) is 1.06. The van der Waals surface area contributed by atoms with Crippen LogP contribution in [0.2, 0.25) is 0 Å². The van der Waals surface area contributed by atoms with Crippen molar-refractivity contribution in [2.24, 2.45) is 7.05 Å². The maximum Gasteiger partial charge on any atom is 0.323 e. The molecule has 1 aromatic heterocycles. The van der Waals surface area contributed by atoms with Gasteiger partial charge in [0, 0.05) is 45.1 Å². The topological polar surface area (TPSA) is 79.3 Å². The van der Waals surface area contributed by atoms with Gasteiger partial charge in [0.05, 0.1) is 5.69 Å². The van der Waals surface area contributed by atoms with Crippen LogP contribution in [0.5, 0.6) is 0 Å². The lowest BCUT2D eigenvalue weighted by Gasteiger charge is -2.17. The average Bonchev–Trinajstić information content (AvgIpc) is 3.06. The summed E-state index contributed by atoms with van der Waals surface area (Å²) in [6.45, 7) is 2.71. The smallest absolute Gasteiger partial charge is 0.323 e. The number of anilines is 1. The lowest BCUT2D eigenvalue weighted by atomic mass is 10.3. The molecule has 21 heavy (non-hydrogen) atoms. The maximum absolute atomic E-state index is 12.3. The molecule has 114 valence electrons. The molecular weight excluding hydrogens is 270 g/mol. The van der Waals surface area contributed by atoms with Crippen LogP contribution < -0.4 is 10.6 Å². The Kier molecular flexibility index (Phi) is 3.57. The van der Waals surface area contributed by atoms with Gasteiger partial charge in [-0.25, -0.2) is 4.79 Å². The molecule has 3 amide bonds. The number of carbonyl (C=O) groups excluding carboxylic acids is 2. The number of rotatable bonds is 3. The van der Waals surface area contributed by atoms with Crippen molar-refractivity contribution in [2.45, 2.75) is 38.1 Å². The summed E-state index contributed by atoms with van der Waals surface area (Å²) in [7, 11) is 1.84. The molecule has 0 unspecified atom stereocenters. The Morgan fingerprint density at radius 1 is 1.33 bits per heavy atom. The zero-order chi connectivity index (χ0) is 15.0. The van der Waals surface area contributed by atoms with Gasteiger partial charge in [0.25, 0.3) is 0 Å². The SMILES string of the molecule is CC(=O)N[C@@H]1CCN(C(=O)Nc2cc(C3CC3)nn2C)C1. The lowest BCUT2D eigenvalue weighted by molar-refractivity contribution is -0.119. The number of nitrogens with zero attached hydrogens (tertiary/aromatic N) is 3. The molecule has 1 saturated carbocycles. The lowest BCUT2D eigenvalue weighted by Crippen LogP contribution is -2.39. The summed E-state index contributed by atoms with van der Waals surface area (Å²) in [4.78, 5) is 25.0. The second-order valence-corrected chi connectivity index (χ2v) is 5.91. The van der Waals surface area contributed by atoms with Gasteiger partial charge in [0.15, 0.2) is 0 Å². The van der Waals surface area contributed by atoms with Gasteiger partial charge in [-0.3, -0.25) is 14.8 Å². The van der Waals surface area contributed by atoms with Crippen LogP contribution >= 0.6 is 0 Å². The van der Waals surface area contributed by atoms with Crippen LogP contribution in [-0.4, -0.2) is 45.8 Å². The molecule has 0 radical (unpaired) electrons. The van der Waals surface area contributed by atoms with Gasteiger partial charge in [-0.2, -0.15) is 5.10 Å². The van der Waals surface area contributed by atoms with Gasteiger partial charge in [-0.1, -0.05) is 0 Å². The third-order valence-corrected chi connectivity index (χ3v) is 4.01. The number of carbonyl (C=O) groups is 2. The zero-order valence-electron chi connectivity index (χ0n) is 12.4. The van der Waals surface area contributed by atoms with E-state index in [-0.39, 0.29) is 18.0 Å². The molecule has 7 heteroatoms.